The molecule has 0 unspecified atom stereocenters. The summed E-state index contributed by atoms with van der Waals surface area (Å²) in [6.45, 7) is 23.2. The van der Waals surface area contributed by atoms with E-state index in [1.807, 2.05) is 0 Å². The monoisotopic (exact) mass is 893 g/mol. The Kier molecular flexibility index (Phi) is 11.1. The third kappa shape index (κ3) is 7.10. The Balaban J connectivity index is 1.34. The van der Waals surface area contributed by atoms with E-state index in [1.165, 1.54) is 183 Å². The lowest BCUT2D eigenvalue weighted by atomic mass is 9.86. The van der Waals surface area contributed by atoms with Gasteiger partial charge in [-0.3, -0.25) is 0 Å². The summed E-state index contributed by atoms with van der Waals surface area (Å²) < 4.78 is 5.52. The molecule has 0 saturated carbocycles. The van der Waals surface area contributed by atoms with Crippen LogP contribution in [0.4, 0.5) is 0 Å². The van der Waals surface area contributed by atoms with Crippen LogP contribution in [-0.2, 0) is 36.5 Å². The molecule has 2 nitrogen and oxygen atoms in total. The van der Waals surface area contributed by atoms with Gasteiger partial charge in [0.15, 0.2) is 0 Å². The molecule has 0 aliphatic heterocycles. The molecule has 0 saturated heterocycles. The molecule has 0 amide bonds. The second kappa shape index (κ2) is 17.0. The molecule has 0 atom stereocenters. The van der Waals surface area contributed by atoms with Crippen molar-refractivity contribution in [2.24, 2.45) is 0 Å². The van der Waals surface area contributed by atoms with E-state index >= 15 is 0 Å². The van der Waals surface area contributed by atoms with Gasteiger partial charge >= 0.3 is 0 Å². The Bertz CT molecular complexity index is 3400. The van der Waals surface area contributed by atoms with Crippen molar-refractivity contribution in [1.29, 1.82) is 0 Å². The van der Waals surface area contributed by atoms with Gasteiger partial charge in [-0.25, -0.2) is 0 Å². The molecular formula is C66H72N2. The summed E-state index contributed by atoms with van der Waals surface area (Å²) in [6.07, 6.45) is 13.9. The summed E-state index contributed by atoms with van der Waals surface area (Å²) in [4.78, 5) is 0. The van der Waals surface area contributed by atoms with Crippen LogP contribution in [0.1, 0.15) is 154 Å². The molecule has 68 heavy (non-hydrogen) atoms. The number of aromatic nitrogens is 2. The third-order valence-corrected chi connectivity index (χ3v) is 15.8. The second-order valence-corrected chi connectivity index (χ2v) is 22.7. The smallest absolute Gasteiger partial charge is 0.0634 e. The van der Waals surface area contributed by atoms with Crippen LogP contribution >= 0.6 is 0 Å². The molecular weight excluding hydrogens is 821 g/mol. The number of fused-ring (bicyclic) bond motifs is 14. The SMILES string of the molecule is CCCCc1cc(CCCC)c2c(c1)c1c3c4ccc(-c5ccc(C(C)(C)C)cc5)cc4n4c5c(CCCC)cc(CCCC)cc5c(c5c6ccc(-c7ccc(C(C)(C)C)cc7)cc6n2c51)c34. The van der Waals surface area contributed by atoms with Gasteiger partial charge in [-0.2, -0.15) is 0 Å². The van der Waals surface area contributed by atoms with Gasteiger partial charge in [0.2, 0.25) is 0 Å². The Morgan fingerprint density at radius 1 is 0.338 bits per heavy atom. The molecule has 0 bridgehead atoms. The van der Waals surface area contributed by atoms with Crippen molar-refractivity contribution < 1.29 is 0 Å². The van der Waals surface area contributed by atoms with Crippen molar-refractivity contribution in [2.75, 3.05) is 0 Å². The van der Waals surface area contributed by atoms with Crippen molar-refractivity contribution in [1.82, 2.24) is 8.80 Å². The Morgan fingerprint density at radius 2 is 0.676 bits per heavy atom. The molecule has 4 aromatic heterocycles. The maximum Gasteiger partial charge on any atom is 0.0634 e. The van der Waals surface area contributed by atoms with Crippen LogP contribution in [0, 0.1) is 0 Å². The molecule has 346 valence electrons. The first kappa shape index (κ1) is 44.6. The van der Waals surface area contributed by atoms with E-state index in [-0.39, 0.29) is 10.8 Å². The second-order valence-electron chi connectivity index (χ2n) is 22.7. The van der Waals surface area contributed by atoms with Crippen LogP contribution < -0.4 is 0 Å². The first-order valence-electron chi connectivity index (χ1n) is 26.5. The van der Waals surface area contributed by atoms with Crippen molar-refractivity contribution in [3.05, 3.63) is 143 Å². The third-order valence-electron chi connectivity index (χ3n) is 15.8. The van der Waals surface area contributed by atoms with E-state index < -0.39 is 0 Å². The molecule has 0 spiro atoms. The zero-order chi connectivity index (χ0) is 47.2. The van der Waals surface area contributed by atoms with Gasteiger partial charge in [-0.05, 0) is 142 Å². The lowest BCUT2D eigenvalue weighted by Crippen LogP contribution is -2.10. The number of hydrogen-bond donors (Lipinski definition) is 0. The molecule has 0 N–H and O–H groups in total. The van der Waals surface area contributed by atoms with E-state index in [2.05, 4.69) is 187 Å². The van der Waals surface area contributed by atoms with Gasteiger partial charge in [0, 0.05) is 43.1 Å². The fraction of sp³-hybridized carbons (Fsp3) is 0.364. The molecule has 0 radical (unpaired) electrons. The van der Waals surface area contributed by atoms with Gasteiger partial charge in [0.1, 0.15) is 0 Å². The highest BCUT2D eigenvalue weighted by molar-refractivity contribution is 6.45. The highest BCUT2D eigenvalue weighted by atomic mass is 14.9. The van der Waals surface area contributed by atoms with Gasteiger partial charge in [0.25, 0.3) is 0 Å². The van der Waals surface area contributed by atoms with Gasteiger partial charge < -0.3 is 8.80 Å². The largest absolute Gasteiger partial charge is 0.308 e. The summed E-state index contributed by atoms with van der Waals surface area (Å²) in [5.41, 5.74) is 22.4. The minimum atomic E-state index is 0.108. The number of aryl methyl sites for hydroxylation is 4. The molecule has 4 heterocycles. The Morgan fingerprint density at radius 3 is 1.03 bits per heavy atom. The van der Waals surface area contributed by atoms with E-state index in [0.717, 1.165) is 25.7 Å². The zero-order valence-electron chi connectivity index (χ0n) is 42.8. The number of hydrogen-bond acceptors (Lipinski definition) is 0. The number of unbranched alkanes of at least 4 members (excludes halogenated alkanes) is 4. The Hall–Kier alpha value is -5.86. The van der Waals surface area contributed by atoms with Crippen LogP contribution in [0.15, 0.2) is 109 Å². The molecule has 11 rings (SSSR count). The van der Waals surface area contributed by atoms with Gasteiger partial charge in [0.05, 0.1) is 33.1 Å². The summed E-state index contributed by atoms with van der Waals surface area (Å²) in [6, 6.07) is 44.1. The quantitative estimate of drug-likeness (QED) is 0.103. The van der Waals surface area contributed by atoms with Crippen molar-refractivity contribution >= 4 is 76.2 Å². The van der Waals surface area contributed by atoms with E-state index in [0.29, 0.717) is 0 Å². The topological polar surface area (TPSA) is 8.82 Å². The van der Waals surface area contributed by atoms with Crippen molar-refractivity contribution in [2.45, 2.75) is 157 Å². The average molecular weight is 893 g/mol. The summed E-state index contributed by atoms with van der Waals surface area (Å²) in [7, 11) is 0. The van der Waals surface area contributed by atoms with Gasteiger partial charge in [-0.1, -0.05) is 180 Å². The lowest BCUT2D eigenvalue weighted by molar-refractivity contribution is 0.590. The average Bonchev–Trinajstić information content (AvgIpc) is 4.06. The first-order chi connectivity index (χ1) is 32.8. The Labute approximate surface area is 405 Å². The fourth-order valence-corrected chi connectivity index (χ4v) is 12.1. The minimum Gasteiger partial charge on any atom is -0.308 e. The van der Waals surface area contributed by atoms with Crippen LogP contribution in [-0.4, -0.2) is 8.80 Å². The number of benzene rings is 7. The molecule has 2 heteroatoms. The van der Waals surface area contributed by atoms with Crippen LogP contribution in [0.25, 0.3) is 98.4 Å². The fourth-order valence-electron chi connectivity index (χ4n) is 12.1. The predicted octanol–water partition coefficient (Wildman–Crippen LogP) is 19.3. The highest BCUT2D eigenvalue weighted by Crippen LogP contribution is 2.54. The lowest BCUT2D eigenvalue weighted by Gasteiger charge is -2.19. The van der Waals surface area contributed by atoms with Crippen molar-refractivity contribution in [3.63, 3.8) is 0 Å². The standard InChI is InChI=1S/C66H72N2/c1-11-15-19-41-35-47(21-17-13-3)61-53(37-41)59-57-51-33-27-46(44-25-31-50(32-26-44)66(8,9)10)40-56(51)68-62-48(22-18-14-4)36-42(20-16-12-2)38-54(62)60(64(57)68)58-52-34-28-45(39-55(52)67(61)63(58)59)43-23-29-49(30-24-43)65(5,6)7/h23-40H,11-22H2,1-10H3. The van der Waals surface area contributed by atoms with E-state index in [9.17, 15) is 0 Å². The summed E-state index contributed by atoms with van der Waals surface area (Å²) in [5.74, 6) is 0. The molecule has 0 fully saturated rings. The van der Waals surface area contributed by atoms with E-state index in [4.69, 9.17) is 0 Å². The summed E-state index contributed by atoms with van der Waals surface area (Å²) >= 11 is 0. The zero-order valence-corrected chi connectivity index (χ0v) is 42.8. The number of nitrogens with zero attached hydrogens (tertiary/aromatic N) is 2. The van der Waals surface area contributed by atoms with Crippen LogP contribution in [0.3, 0.4) is 0 Å². The van der Waals surface area contributed by atoms with Crippen LogP contribution in [0.5, 0.6) is 0 Å². The molecule has 0 aliphatic rings. The number of rotatable bonds is 14. The first-order valence-corrected chi connectivity index (χ1v) is 26.5. The molecule has 0 aliphatic carbocycles. The minimum absolute atomic E-state index is 0.108. The maximum atomic E-state index is 2.76. The maximum absolute atomic E-state index is 2.76. The van der Waals surface area contributed by atoms with Crippen LogP contribution in [0.2, 0.25) is 0 Å². The van der Waals surface area contributed by atoms with E-state index in [1.54, 1.807) is 0 Å². The molecule has 11 aromatic rings. The van der Waals surface area contributed by atoms with Crippen molar-refractivity contribution in [3.8, 4) is 22.3 Å². The summed E-state index contributed by atoms with van der Waals surface area (Å²) in [5, 5.41) is 11.4. The molecule has 7 aromatic carbocycles. The van der Waals surface area contributed by atoms with Gasteiger partial charge in [-0.15, -0.1) is 0 Å². The normalized spacial score (nSPS) is 13.0. The highest BCUT2D eigenvalue weighted by Gasteiger charge is 2.31. The predicted molar refractivity (Wildman–Crippen MR) is 298 cm³/mol.